The van der Waals surface area contributed by atoms with Gasteiger partial charge in [-0.1, -0.05) is 12.1 Å². The van der Waals surface area contributed by atoms with E-state index in [0.717, 1.165) is 35.4 Å². The van der Waals surface area contributed by atoms with Gasteiger partial charge >= 0.3 is 0 Å². The Balaban J connectivity index is 1.36. The van der Waals surface area contributed by atoms with Crippen molar-refractivity contribution in [2.45, 2.75) is 45.7 Å². The van der Waals surface area contributed by atoms with Crippen molar-refractivity contribution in [2.24, 2.45) is 5.92 Å². The largest absolute Gasteiger partial charge is 0.334 e. The number of benzene rings is 1. The van der Waals surface area contributed by atoms with Crippen LogP contribution >= 0.6 is 0 Å². The summed E-state index contributed by atoms with van der Waals surface area (Å²) in [5.74, 6) is -0.177. The average molecular weight is 402 g/mol. The zero-order valence-corrected chi connectivity index (χ0v) is 17.4. The molecule has 1 saturated carbocycles. The average Bonchev–Trinajstić information content (AvgIpc) is 3.39. The van der Waals surface area contributed by atoms with Crippen molar-refractivity contribution >= 4 is 23.1 Å². The van der Waals surface area contributed by atoms with E-state index >= 15 is 0 Å². The van der Waals surface area contributed by atoms with Crippen molar-refractivity contribution in [3.8, 4) is 0 Å². The minimum absolute atomic E-state index is 0.0298. The second-order valence-electron chi connectivity index (χ2n) is 8.55. The molecule has 6 nitrogen and oxygen atoms in total. The van der Waals surface area contributed by atoms with E-state index in [9.17, 15) is 9.59 Å². The number of aromatic nitrogens is 2. The molecular formula is C24H26N4O2. The monoisotopic (exact) mass is 402 g/mol. The Kier molecular flexibility index (Phi) is 4.57. The third-order valence-electron chi connectivity index (χ3n) is 6.37. The summed E-state index contributed by atoms with van der Waals surface area (Å²) in [6.07, 6.45) is 6.17. The second kappa shape index (κ2) is 7.27. The summed E-state index contributed by atoms with van der Waals surface area (Å²) in [6, 6.07) is 12.2. The van der Waals surface area contributed by atoms with Crippen molar-refractivity contribution in [1.82, 2.24) is 14.3 Å². The number of nitrogens with zero attached hydrogens (tertiary/aromatic N) is 4. The minimum atomic E-state index is -0.293. The number of fused-ring (bicyclic) bond motifs is 1. The van der Waals surface area contributed by atoms with Gasteiger partial charge in [-0.15, -0.1) is 0 Å². The minimum Gasteiger partial charge on any atom is -0.334 e. The summed E-state index contributed by atoms with van der Waals surface area (Å²) in [7, 11) is 0. The van der Waals surface area contributed by atoms with Gasteiger partial charge in [-0.3, -0.25) is 9.59 Å². The fraction of sp³-hybridized carbons (Fsp3) is 0.375. The lowest BCUT2D eigenvalue weighted by Crippen LogP contribution is -2.38. The number of imidazole rings is 1. The molecule has 2 aromatic heterocycles. The third kappa shape index (κ3) is 3.36. The van der Waals surface area contributed by atoms with Crippen LogP contribution in [0.5, 0.6) is 0 Å². The summed E-state index contributed by atoms with van der Waals surface area (Å²) in [5.41, 5.74) is 5.13. The molecule has 154 valence electrons. The number of amides is 2. The van der Waals surface area contributed by atoms with Crippen molar-refractivity contribution in [1.29, 1.82) is 0 Å². The van der Waals surface area contributed by atoms with E-state index in [4.69, 9.17) is 0 Å². The van der Waals surface area contributed by atoms with E-state index in [0.29, 0.717) is 13.1 Å². The second-order valence-corrected chi connectivity index (χ2v) is 8.55. The Labute approximate surface area is 176 Å². The number of aryl methyl sites for hydroxylation is 2. The van der Waals surface area contributed by atoms with Crippen molar-refractivity contribution in [2.75, 3.05) is 11.4 Å². The van der Waals surface area contributed by atoms with Gasteiger partial charge in [0.2, 0.25) is 11.8 Å². The molecule has 1 unspecified atom stereocenters. The van der Waals surface area contributed by atoms with Gasteiger partial charge in [0.1, 0.15) is 5.65 Å². The van der Waals surface area contributed by atoms with Gasteiger partial charge in [0.15, 0.2) is 0 Å². The zero-order chi connectivity index (χ0) is 20.8. The highest BCUT2D eigenvalue weighted by Gasteiger charge is 2.41. The van der Waals surface area contributed by atoms with Crippen LogP contribution in [0.2, 0.25) is 0 Å². The van der Waals surface area contributed by atoms with Crippen LogP contribution in [0.1, 0.15) is 36.1 Å². The van der Waals surface area contributed by atoms with E-state index in [1.807, 2.05) is 65.0 Å². The number of hydrogen-bond acceptors (Lipinski definition) is 3. The molecule has 2 amide bonds. The number of carbonyl (C=O) groups excluding carboxylic acids is 2. The highest BCUT2D eigenvalue weighted by atomic mass is 16.2. The first-order valence-corrected chi connectivity index (χ1v) is 10.6. The van der Waals surface area contributed by atoms with Gasteiger partial charge in [-0.05, 0) is 62.1 Å². The highest BCUT2D eigenvalue weighted by molar-refractivity contribution is 6.00. The SMILES string of the molecule is Cc1ccc(N2CC(C(=O)N(Cc3cnc4ccccn34)C3CC3)CC2=O)cc1C. The van der Waals surface area contributed by atoms with Crippen molar-refractivity contribution in [3.05, 3.63) is 65.6 Å². The summed E-state index contributed by atoms with van der Waals surface area (Å²) in [5, 5.41) is 0. The van der Waals surface area contributed by atoms with Crippen LogP contribution in [-0.2, 0) is 16.1 Å². The van der Waals surface area contributed by atoms with Crippen LogP contribution < -0.4 is 4.90 Å². The number of pyridine rings is 1. The molecule has 2 fully saturated rings. The summed E-state index contributed by atoms with van der Waals surface area (Å²) < 4.78 is 2.03. The van der Waals surface area contributed by atoms with Gasteiger partial charge in [0, 0.05) is 30.9 Å². The fourth-order valence-corrected chi connectivity index (χ4v) is 4.30. The molecule has 0 radical (unpaired) electrons. The van der Waals surface area contributed by atoms with Gasteiger partial charge in [0.05, 0.1) is 24.4 Å². The molecule has 1 atom stereocenters. The smallest absolute Gasteiger partial charge is 0.228 e. The lowest BCUT2D eigenvalue weighted by atomic mass is 10.1. The van der Waals surface area contributed by atoms with E-state index in [1.54, 1.807) is 4.90 Å². The summed E-state index contributed by atoms with van der Waals surface area (Å²) in [4.78, 5) is 34.4. The van der Waals surface area contributed by atoms with E-state index in [2.05, 4.69) is 11.9 Å². The molecular weight excluding hydrogens is 376 g/mol. The first-order chi connectivity index (χ1) is 14.5. The van der Waals surface area contributed by atoms with E-state index < -0.39 is 0 Å². The van der Waals surface area contributed by atoms with E-state index in [1.165, 1.54) is 5.56 Å². The number of anilines is 1. The first kappa shape index (κ1) is 18.9. The van der Waals surface area contributed by atoms with Crippen LogP contribution in [0.3, 0.4) is 0 Å². The maximum atomic E-state index is 13.5. The maximum Gasteiger partial charge on any atom is 0.228 e. The van der Waals surface area contributed by atoms with Crippen LogP contribution in [0.25, 0.3) is 5.65 Å². The van der Waals surface area contributed by atoms with Gasteiger partial charge in [-0.2, -0.15) is 0 Å². The van der Waals surface area contributed by atoms with Gasteiger partial charge in [-0.25, -0.2) is 4.98 Å². The number of rotatable bonds is 5. The van der Waals surface area contributed by atoms with Crippen LogP contribution in [0.4, 0.5) is 5.69 Å². The Hall–Kier alpha value is -3.15. The molecule has 2 aliphatic rings. The highest BCUT2D eigenvalue weighted by Crippen LogP contribution is 2.33. The Morgan fingerprint density at radius 2 is 2.00 bits per heavy atom. The third-order valence-corrected chi connectivity index (χ3v) is 6.37. The topological polar surface area (TPSA) is 57.9 Å². The lowest BCUT2D eigenvalue weighted by Gasteiger charge is -2.25. The zero-order valence-electron chi connectivity index (χ0n) is 17.4. The Morgan fingerprint density at radius 1 is 1.17 bits per heavy atom. The van der Waals surface area contributed by atoms with Crippen molar-refractivity contribution in [3.63, 3.8) is 0 Å². The van der Waals surface area contributed by atoms with Gasteiger partial charge in [0.25, 0.3) is 0 Å². The van der Waals surface area contributed by atoms with Crippen molar-refractivity contribution < 1.29 is 9.59 Å². The first-order valence-electron chi connectivity index (χ1n) is 10.6. The summed E-state index contributed by atoms with van der Waals surface area (Å²) in [6.45, 7) is 5.09. The summed E-state index contributed by atoms with van der Waals surface area (Å²) >= 11 is 0. The molecule has 5 rings (SSSR count). The molecule has 3 heterocycles. The molecule has 1 aromatic carbocycles. The molecule has 0 spiro atoms. The standard InChI is InChI=1S/C24H26N4O2/c1-16-6-7-20(11-17(16)2)27-14-18(12-23(27)29)24(30)28(19-8-9-19)15-21-13-25-22-5-3-4-10-26(21)22/h3-7,10-11,13,18-19H,8-9,12,14-15H2,1-2H3. The molecule has 1 saturated heterocycles. The van der Waals surface area contributed by atoms with E-state index in [-0.39, 0.29) is 30.2 Å². The lowest BCUT2D eigenvalue weighted by molar-refractivity contribution is -0.137. The maximum absolute atomic E-state index is 13.5. The van der Waals surface area contributed by atoms with Crippen LogP contribution in [0.15, 0.2) is 48.8 Å². The number of carbonyl (C=O) groups is 2. The Morgan fingerprint density at radius 3 is 2.77 bits per heavy atom. The Bertz CT molecular complexity index is 1130. The van der Waals surface area contributed by atoms with Gasteiger partial charge < -0.3 is 14.2 Å². The fourth-order valence-electron chi connectivity index (χ4n) is 4.30. The molecule has 30 heavy (non-hydrogen) atoms. The molecule has 0 bridgehead atoms. The predicted octanol–water partition coefficient (Wildman–Crippen LogP) is 3.50. The number of hydrogen-bond donors (Lipinski definition) is 0. The van der Waals surface area contributed by atoms with Crippen LogP contribution in [0, 0.1) is 19.8 Å². The predicted molar refractivity (Wildman–Crippen MR) is 115 cm³/mol. The quantitative estimate of drug-likeness (QED) is 0.656. The normalized spacial score (nSPS) is 18.9. The molecule has 0 N–H and O–H groups in total. The molecule has 1 aliphatic heterocycles. The molecule has 6 heteroatoms. The molecule has 1 aliphatic carbocycles. The molecule has 3 aromatic rings. The van der Waals surface area contributed by atoms with Crippen LogP contribution in [-0.4, -0.2) is 38.7 Å².